The normalized spacial score (nSPS) is 10.9. The largest absolute Gasteiger partial charge is 0.456 e. The van der Waals surface area contributed by atoms with Gasteiger partial charge in [0, 0.05) is 13.6 Å². The van der Waals surface area contributed by atoms with Gasteiger partial charge < -0.3 is 13.7 Å². The Balaban J connectivity index is 2.70. The maximum absolute atomic E-state index is 11.6. The highest BCUT2D eigenvalue weighted by molar-refractivity contribution is 9.10. The van der Waals surface area contributed by atoms with E-state index in [0.717, 1.165) is 6.54 Å². The molecular formula is C10H10BrNO3. The van der Waals surface area contributed by atoms with Crippen molar-refractivity contribution in [3.8, 4) is 0 Å². The number of furan rings is 1. The third-order valence-corrected chi connectivity index (χ3v) is 2.79. The van der Waals surface area contributed by atoms with Gasteiger partial charge in [0.2, 0.25) is 11.0 Å². The van der Waals surface area contributed by atoms with Crippen molar-refractivity contribution < 1.29 is 8.83 Å². The molecule has 5 heteroatoms. The summed E-state index contributed by atoms with van der Waals surface area (Å²) < 4.78 is 11.3. The molecule has 0 aliphatic carbocycles. The number of hydrogen-bond acceptors (Lipinski definition) is 4. The molecule has 0 aliphatic rings. The fourth-order valence-electron chi connectivity index (χ4n) is 1.25. The minimum absolute atomic E-state index is 0.169. The molecule has 0 atom stereocenters. The molecule has 2 rings (SSSR count). The van der Waals surface area contributed by atoms with E-state index in [1.807, 2.05) is 18.9 Å². The summed E-state index contributed by atoms with van der Waals surface area (Å²) in [5, 5.41) is 0. The lowest BCUT2D eigenvalue weighted by molar-refractivity contribution is 0.571. The Morgan fingerprint density at radius 2 is 2.20 bits per heavy atom. The maximum Gasteiger partial charge on any atom is 0.230 e. The van der Waals surface area contributed by atoms with Crippen LogP contribution >= 0.6 is 15.9 Å². The van der Waals surface area contributed by atoms with E-state index in [9.17, 15) is 4.79 Å². The Morgan fingerprint density at radius 3 is 2.87 bits per heavy atom. The molecule has 0 aromatic carbocycles. The van der Waals surface area contributed by atoms with Crippen LogP contribution in [0.3, 0.4) is 0 Å². The molecule has 0 unspecified atom stereocenters. The van der Waals surface area contributed by atoms with Crippen LogP contribution in [-0.4, -0.2) is 13.6 Å². The van der Waals surface area contributed by atoms with Crippen LogP contribution in [0, 0.1) is 0 Å². The van der Waals surface area contributed by atoms with E-state index in [-0.39, 0.29) is 11.0 Å². The number of nitrogens with zero attached hydrogens (tertiary/aromatic N) is 1. The van der Waals surface area contributed by atoms with Crippen molar-refractivity contribution in [2.45, 2.75) is 6.92 Å². The Morgan fingerprint density at radius 1 is 1.47 bits per heavy atom. The number of anilines is 1. The maximum atomic E-state index is 11.6. The van der Waals surface area contributed by atoms with Crippen molar-refractivity contribution in [1.29, 1.82) is 0 Å². The predicted molar refractivity (Wildman–Crippen MR) is 61.4 cm³/mol. The van der Waals surface area contributed by atoms with Crippen molar-refractivity contribution in [2.24, 2.45) is 0 Å². The van der Waals surface area contributed by atoms with E-state index in [1.165, 1.54) is 12.3 Å². The second kappa shape index (κ2) is 3.73. The summed E-state index contributed by atoms with van der Waals surface area (Å²) in [4.78, 5) is 13.5. The van der Waals surface area contributed by atoms with Crippen molar-refractivity contribution in [3.05, 3.63) is 27.0 Å². The standard InChI is InChI=1S/C10H10BrNO3/c1-3-12(2)8-4-7(13)10-9(15-8)6(11)5-14-10/h4-5H,3H2,1-2H3. The molecule has 0 radical (unpaired) electrons. The van der Waals surface area contributed by atoms with Crippen LogP contribution in [0.2, 0.25) is 0 Å². The Hall–Kier alpha value is -1.23. The minimum Gasteiger partial charge on any atom is -0.456 e. The topological polar surface area (TPSA) is 46.6 Å². The lowest BCUT2D eigenvalue weighted by Crippen LogP contribution is -2.17. The van der Waals surface area contributed by atoms with Crippen LogP contribution in [0.4, 0.5) is 5.88 Å². The van der Waals surface area contributed by atoms with Gasteiger partial charge in [0.1, 0.15) is 6.26 Å². The monoisotopic (exact) mass is 271 g/mol. The van der Waals surface area contributed by atoms with E-state index >= 15 is 0 Å². The number of rotatable bonds is 2. The first-order valence-corrected chi connectivity index (χ1v) is 5.34. The molecule has 0 bridgehead atoms. The van der Waals surface area contributed by atoms with Gasteiger partial charge in [0.25, 0.3) is 0 Å². The predicted octanol–water partition coefficient (Wildman–Crippen LogP) is 2.60. The van der Waals surface area contributed by atoms with E-state index in [4.69, 9.17) is 8.83 Å². The Kier molecular flexibility index (Phi) is 2.56. The summed E-state index contributed by atoms with van der Waals surface area (Å²) in [6, 6.07) is 1.43. The van der Waals surface area contributed by atoms with Gasteiger partial charge in [0.15, 0.2) is 11.5 Å². The van der Waals surface area contributed by atoms with E-state index < -0.39 is 0 Å². The third kappa shape index (κ3) is 1.67. The van der Waals surface area contributed by atoms with Crippen LogP contribution in [0.1, 0.15) is 6.92 Å². The van der Waals surface area contributed by atoms with Crippen LogP contribution in [-0.2, 0) is 0 Å². The van der Waals surface area contributed by atoms with E-state index in [0.29, 0.717) is 15.9 Å². The van der Waals surface area contributed by atoms with E-state index in [1.54, 1.807) is 0 Å². The molecule has 2 aromatic rings. The highest BCUT2D eigenvalue weighted by Gasteiger charge is 2.13. The van der Waals surface area contributed by atoms with Gasteiger partial charge in [-0.05, 0) is 22.9 Å². The van der Waals surface area contributed by atoms with Crippen molar-refractivity contribution >= 4 is 33.0 Å². The molecule has 2 heterocycles. The molecule has 4 nitrogen and oxygen atoms in total. The lowest BCUT2D eigenvalue weighted by Gasteiger charge is -2.13. The minimum atomic E-state index is -0.169. The molecular weight excluding hydrogens is 262 g/mol. The molecule has 0 saturated carbocycles. The fourth-order valence-corrected chi connectivity index (χ4v) is 1.60. The molecule has 0 aliphatic heterocycles. The van der Waals surface area contributed by atoms with E-state index in [2.05, 4.69) is 15.9 Å². The van der Waals surface area contributed by atoms with Crippen LogP contribution in [0.15, 0.2) is 30.4 Å². The zero-order valence-corrected chi connectivity index (χ0v) is 10.00. The van der Waals surface area contributed by atoms with Gasteiger partial charge in [-0.3, -0.25) is 4.79 Å². The van der Waals surface area contributed by atoms with Gasteiger partial charge in [-0.25, -0.2) is 0 Å². The summed E-state index contributed by atoms with van der Waals surface area (Å²) >= 11 is 3.26. The third-order valence-electron chi connectivity index (χ3n) is 2.24. The second-order valence-electron chi connectivity index (χ2n) is 3.20. The smallest absolute Gasteiger partial charge is 0.230 e. The SMILES string of the molecule is CCN(C)c1cc(=O)c2occ(Br)c2o1. The first-order valence-electron chi connectivity index (χ1n) is 4.55. The van der Waals surface area contributed by atoms with Gasteiger partial charge in [0.05, 0.1) is 10.5 Å². The summed E-state index contributed by atoms with van der Waals surface area (Å²) in [6.45, 7) is 2.75. The highest BCUT2D eigenvalue weighted by Crippen LogP contribution is 2.26. The summed E-state index contributed by atoms with van der Waals surface area (Å²) in [5.41, 5.74) is 0.533. The van der Waals surface area contributed by atoms with Gasteiger partial charge in [-0.2, -0.15) is 0 Å². The average molecular weight is 272 g/mol. The Bertz CT molecular complexity index is 543. The van der Waals surface area contributed by atoms with Gasteiger partial charge in [-0.15, -0.1) is 0 Å². The number of halogens is 1. The first-order chi connectivity index (χ1) is 7.13. The first kappa shape index (κ1) is 10.3. The molecule has 0 fully saturated rings. The van der Waals surface area contributed by atoms with Crippen LogP contribution in [0.25, 0.3) is 11.2 Å². The lowest BCUT2D eigenvalue weighted by atomic mass is 10.4. The molecule has 80 valence electrons. The van der Waals surface area contributed by atoms with Crippen LogP contribution in [0.5, 0.6) is 0 Å². The zero-order valence-electron chi connectivity index (χ0n) is 8.41. The van der Waals surface area contributed by atoms with Gasteiger partial charge >= 0.3 is 0 Å². The molecule has 0 N–H and O–H groups in total. The van der Waals surface area contributed by atoms with Crippen molar-refractivity contribution in [3.63, 3.8) is 0 Å². The fraction of sp³-hybridized carbons (Fsp3) is 0.300. The van der Waals surface area contributed by atoms with Crippen LogP contribution < -0.4 is 10.3 Å². The molecule has 0 amide bonds. The zero-order chi connectivity index (χ0) is 11.0. The van der Waals surface area contributed by atoms with Crippen molar-refractivity contribution in [2.75, 3.05) is 18.5 Å². The highest BCUT2D eigenvalue weighted by atomic mass is 79.9. The molecule has 15 heavy (non-hydrogen) atoms. The molecule has 2 aromatic heterocycles. The average Bonchev–Trinajstić information content (AvgIpc) is 2.60. The summed E-state index contributed by atoms with van der Waals surface area (Å²) in [6.07, 6.45) is 1.45. The molecule has 0 spiro atoms. The summed E-state index contributed by atoms with van der Waals surface area (Å²) in [5.74, 6) is 0.539. The second-order valence-corrected chi connectivity index (χ2v) is 4.06. The quantitative estimate of drug-likeness (QED) is 0.843. The summed E-state index contributed by atoms with van der Waals surface area (Å²) in [7, 11) is 1.86. The number of hydrogen-bond donors (Lipinski definition) is 0. The van der Waals surface area contributed by atoms with Crippen molar-refractivity contribution in [1.82, 2.24) is 0 Å². The molecule has 0 saturated heterocycles. The Labute approximate surface area is 94.6 Å². The van der Waals surface area contributed by atoms with Gasteiger partial charge in [-0.1, -0.05) is 0 Å². The number of fused-ring (bicyclic) bond motifs is 1.